The summed E-state index contributed by atoms with van der Waals surface area (Å²) in [5.74, 6) is -1.87. The van der Waals surface area contributed by atoms with Crippen LogP contribution in [-0.4, -0.2) is 97.7 Å². The number of esters is 1. The highest BCUT2D eigenvalue weighted by atomic mass is 16.6. The van der Waals surface area contributed by atoms with Gasteiger partial charge in [-0.2, -0.15) is 0 Å². The van der Waals surface area contributed by atoms with E-state index < -0.39 is 17.5 Å². The van der Waals surface area contributed by atoms with E-state index >= 15 is 0 Å². The molecule has 2 aliphatic rings. The molecule has 1 saturated carbocycles. The molecule has 238 valence electrons. The summed E-state index contributed by atoms with van der Waals surface area (Å²) in [5.41, 5.74) is 0.220. The van der Waals surface area contributed by atoms with Crippen molar-refractivity contribution < 1.29 is 38.2 Å². The van der Waals surface area contributed by atoms with Crippen LogP contribution < -0.4 is 16.0 Å². The van der Waals surface area contributed by atoms with E-state index in [9.17, 15) is 24.0 Å². The highest BCUT2D eigenvalue weighted by Crippen LogP contribution is 2.36. The van der Waals surface area contributed by atoms with Gasteiger partial charge in [0.15, 0.2) is 0 Å². The molecule has 1 aliphatic carbocycles. The Labute approximate surface area is 252 Å². The lowest BCUT2D eigenvalue weighted by Crippen LogP contribution is -2.43. The lowest BCUT2D eigenvalue weighted by molar-refractivity contribution is -0.154. The number of carbonyl (C=O) groups is 5. The molecule has 0 spiro atoms. The van der Waals surface area contributed by atoms with Gasteiger partial charge in [0.1, 0.15) is 18.8 Å². The number of nitrogens with one attached hydrogen (secondary N) is 3. The standard InChI is InChI=1S/C30H45N5O8/c1-30(2,3)43-26(38)18-33-28(39)20-7-9-22(10-8-20)34-24(36)19-42-15-14-41-13-12-32-29(40)23-16-25(37)35(4)27(23)21-6-5-11-31-17-21/h5-6,11,17,20,22-23,27H,7-10,12-16,18-19H2,1-4H3,(H,32,40)(H,33,39)(H,34,36)/t20-,22+,23-,27+/m0/s1. The molecule has 2 heterocycles. The van der Waals surface area contributed by atoms with Crippen molar-refractivity contribution in [3.8, 4) is 0 Å². The summed E-state index contributed by atoms with van der Waals surface area (Å²) in [6.07, 6.45) is 6.04. The minimum Gasteiger partial charge on any atom is -0.459 e. The number of rotatable bonds is 14. The first-order valence-electron chi connectivity index (χ1n) is 14.8. The number of hydrogen-bond acceptors (Lipinski definition) is 9. The van der Waals surface area contributed by atoms with Crippen molar-refractivity contribution in [3.05, 3.63) is 30.1 Å². The third-order valence-electron chi connectivity index (χ3n) is 7.39. The van der Waals surface area contributed by atoms with Gasteiger partial charge in [-0.05, 0) is 58.1 Å². The molecule has 2 atom stereocenters. The molecule has 1 aromatic heterocycles. The highest BCUT2D eigenvalue weighted by molar-refractivity contribution is 5.90. The maximum atomic E-state index is 12.8. The number of nitrogens with zero attached hydrogens (tertiary/aromatic N) is 2. The highest BCUT2D eigenvalue weighted by Gasteiger charge is 2.42. The summed E-state index contributed by atoms with van der Waals surface area (Å²) in [5, 5.41) is 8.42. The van der Waals surface area contributed by atoms with Gasteiger partial charge in [0.25, 0.3) is 0 Å². The number of likely N-dealkylation sites (tertiary alicyclic amines) is 1. The molecule has 1 saturated heterocycles. The van der Waals surface area contributed by atoms with Crippen molar-refractivity contribution in [2.45, 2.75) is 70.6 Å². The molecule has 1 aliphatic heterocycles. The van der Waals surface area contributed by atoms with E-state index in [2.05, 4.69) is 20.9 Å². The van der Waals surface area contributed by atoms with Crippen LogP contribution in [0.25, 0.3) is 0 Å². The topological polar surface area (TPSA) is 165 Å². The second-order valence-electron chi connectivity index (χ2n) is 11.9. The third-order valence-corrected chi connectivity index (χ3v) is 7.39. The number of hydrogen-bond donors (Lipinski definition) is 3. The maximum Gasteiger partial charge on any atom is 0.325 e. The number of amides is 4. The Bertz CT molecular complexity index is 1100. The van der Waals surface area contributed by atoms with Crippen LogP contribution >= 0.6 is 0 Å². The fraction of sp³-hybridized carbons (Fsp3) is 0.667. The van der Waals surface area contributed by atoms with Crippen LogP contribution in [-0.2, 0) is 38.2 Å². The second-order valence-corrected chi connectivity index (χ2v) is 11.9. The van der Waals surface area contributed by atoms with Crippen LogP contribution in [0.2, 0.25) is 0 Å². The molecule has 3 N–H and O–H groups in total. The summed E-state index contributed by atoms with van der Waals surface area (Å²) in [6, 6.07) is 3.26. The molecule has 2 fully saturated rings. The minimum atomic E-state index is -0.600. The van der Waals surface area contributed by atoms with Crippen LogP contribution in [0.1, 0.15) is 64.5 Å². The smallest absolute Gasteiger partial charge is 0.325 e. The molecule has 4 amide bonds. The molecular formula is C30H45N5O8. The normalized spacial score (nSPS) is 22.1. The SMILES string of the molecule is CN1C(=O)C[C@H](C(=O)NCCOCCOCC(=O)N[C@H]2CC[C@@H](C(=O)NCC(=O)OC(C)(C)C)CC2)[C@H]1c1cccnc1. The summed E-state index contributed by atoms with van der Waals surface area (Å²) < 4.78 is 16.1. The zero-order valence-electron chi connectivity index (χ0n) is 25.6. The Morgan fingerprint density at radius 2 is 1.72 bits per heavy atom. The Morgan fingerprint density at radius 1 is 1.00 bits per heavy atom. The van der Waals surface area contributed by atoms with Gasteiger partial charge in [-0.25, -0.2) is 0 Å². The monoisotopic (exact) mass is 603 g/mol. The predicted octanol–water partition coefficient (Wildman–Crippen LogP) is 0.883. The Balaban J connectivity index is 1.21. The maximum absolute atomic E-state index is 12.8. The van der Waals surface area contributed by atoms with Gasteiger partial charge in [0, 0.05) is 44.4 Å². The zero-order valence-corrected chi connectivity index (χ0v) is 25.6. The number of ether oxygens (including phenoxy) is 3. The molecule has 13 heteroatoms. The van der Waals surface area contributed by atoms with Gasteiger partial charge in [0.05, 0.1) is 31.8 Å². The molecule has 0 aromatic carbocycles. The van der Waals surface area contributed by atoms with Crippen LogP contribution in [0.3, 0.4) is 0 Å². The second kappa shape index (κ2) is 16.3. The van der Waals surface area contributed by atoms with Gasteiger partial charge >= 0.3 is 5.97 Å². The van der Waals surface area contributed by atoms with Crippen LogP contribution in [0.4, 0.5) is 0 Å². The van der Waals surface area contributed by atoms with E-state index in [1.807, 2.05) is 6.07 Å². The summed E-state index contributed by atoms with van der Waals surface area (Å²) in [4.78, 5) is 67.1. The fourth-order valence-corrected chi connectivity index (χ4v) is 5.32. The molecule has 0 unspecified atom stereocenters. The number of carbonyl (C=O) groups excluding carboxylic acids is 5. The summed E-state index contributed by atoms with van der Waals surface area (Å²) >= 11 is 0. The molecule has 0 radical (unpaired) electrons. The quantitative estimate of drug-likeness (QED) is 0.207. The van der Waals surface area contributed by atoms with Gasteiger partial charge in [-0.3, -0.25) is 29.0 Å². The zero-order chi connectivity index (χ0) is 31.4. The van der Waals surface area contributed by atoms with Gasteiger partial charge in [-0.1, -0.05) is 6.07 Å². The number of pyridine rings is 1. The van der Waals surface area contributed by atoms with Crippen molar-refractivity contribution in [2.24, 2.45) is 11.8 Å². The van der Waals surface area contributed by atoms with Gasteiger partial charge in [0.2, 0.25) is 23.6 Å². The first kappa shape index (κ1) is 33.9. The van der Waals surface area contributed by atoms with E-state index in [0.717, 1.165) is 5.56 Å². The minimum absolute atomic E-state index is 0.0291. The van der Waals surface area contributed by atoms with Crippen molar-refractivity contribution >= 4 is 29.6 Å². The van der Waals surface area contributed by atoms with E-state index in [1.165, 1.54) is 0 Å². The Hall–Kier alpha value is -3.58. The lowest BCUT2D eigenvalue weighted by Gasteiger charge is -2.28. The summed E-state index contributed by atoms with van der Waals surface area (Å²) in [6.45, 7) is 6.09. The van der Waals surface area contributed by atoms with Crippen molar-refractivity contribution in [1.29, 1.82) is 0 Å². The third kappa shape index (κ3) is 11.2. The van der Waals surface area contributed by atoms with Crippen LogP contribution in [0.15, 0.2) is 24.5 Å². The first-order valence-corrected chi connectivity index (χ1v) is 14.8. The molecular weight excluding hydrogens is 558 g/mol. The molecule has 43 heavy (non-hydrogen) atoms. The van der Waals surface area contributed by atoms with Crippen molar-refractivity contribution in [3.63, 3.8) is 0 Å². The van der Waals surface area contributed by atoms with E-state index in [1.54, 1.807) is 51.2 Å². The number of aromatic nitrogens is 1. The molecule has 0 bridgehead atoms. The predicted molar refractivity (Wildman–Crippen MR) is 155 cm³/mol. The molecule has 1 aromatic rings. The Morgan fingerprint density at radius 3 is 2.40 bits per heavy atom. The van der Waals surface area contributed by atoms with Gasteiger partial charge in [-0.15, -0.1) is 0 Å². The molecule has 3 rings (SSSR count). The lowest BCUT2D eigenvalue weighted by atomic mass is 9.85. The average Bonchev–Trinajstić information content (AvgIpc) is 3.26. The average molecular weight is 604 g/mol. The van der Waals surface area contributed by atoms with Crippen LogP contribution in [0.5, 0.6) is 0 Å². The van der Waals surface area contributed by atoms with E-state index in [-0.39, 0.29) is 87.6 Å². The van der Waals surface area contributed by atoms with E-state index in [0.29, 0.717) is 25.7 Å². The first-order chi connectivity index (χ1) is 20.4. The largest absolute Gasteiger partial charge is 0.459 e. The molecule has 13 nitrogen and oxygen atoms in total. The summed E-state index contributed by atoms with van der Waals surface area (Å²) in [7, 11) is 1.69. The van der Waals surface area contributed by atoms with E-state index in [4.69, 9.17) is 14.2 Å². The van der Waals surface area contributed by atoms with Gasteiger partial charge < -0.3 is 35.1 Å². The van der Waals surface area contributed by atoms with Crippen molar-refractivity contribution in [2.75, 3.05) is 46.6 Å². The van der Waals surface area contributed by atoms with Crippen LogP contribution in [0, 0.1) is 11.8 Å². The van der Waals surface area contributed by atoms with Crippen molar-refractivity contribution in [1.82, 2.24) is 25.8 Å². The Kier molecular flexibility index (Phi) is 12.9. The fourth-order valence-electron chi connectivity index (χ4n) is 5.32.